The van der Waals surface area contributed by atoms with Gasteiger partial charge in [0.1, 0.15) is 6.61 Å². The van der Waals surface area contributed by atoms with E-state index in [1.807, 2.05) is 6.92 Å². The van der Waals surface area contributed by atoms with Gasteiger partial charge in [0.2, 0.25) is 11.9 Å². The van der Waals surface area contributed by atoms with Crippen LogP contribution in [-0.2, 0) is 9.53 Å². The highest BCUT2D eigenvalue weighted by atomic mass is 16.5. The van der Waals surface area contributed by atoms with E-state index < -0.39 is 0 Å². The maximum atomic E-state index is 11.6. The maximum absolute atomic E-state index is 11.6. The largest absolute Gasteiger partial charge is 0.372 e. The fourth-order valence-corrected chi connectivity index (χ4v) is 5.43. The molecule has 0 aliphatic carbocycles. The Morgan fingerprint density at radius 3 is 2.46 bits per heavy atom. The summed E-state index contributed by atoms with van der Waals surface area (Å²) >= 11 is 0. The SMILES string of the molecule is CCOCC(=O)NCCCCN(C)CCC(CC)c1cnc(N2C3CCC2CN(C(C)C)C3)nc1.[HH]. The van der Waals surface area contributed by atoms with Crippen molar-refractivity contribution in [2.75, 3.05) is 57.9 Å². The summed E-state index contributed by atoms with van der Waals surface area (Å²) < 4.78 is 5.12. The molecule has 0 aromatic carbocycles. The Kier molecular flexibility index (Phi) is 11.2. The van der Waals surface area contributed by atoms with E-state index in [0.29, 0.717) is 30.7 Å². The second kappa shape index (κ2) is 14.1. The van der Waals surface area contributed by atoms with E-state index >= 15 is 0 Å². The first-order valence-corrected chi connectivity index (χ1v) is 13.8. The standard InChI is InChI=1S/C27H48N6O2.H2/c1-6-22(12-15-31(5)14-9-8-13-28-26(34)20-35-7-2)23-16-29-27(30-17-23)33-24-10-11-25(33)19-32(18-24)21(3)4;/h16-17,21-22,24-25H,6-15,18-20H2,1-5H3,(H,28,34);1H. The first kappa shape index (κ1) is 27.8. The van der Waals surface area contributed by atoms with E-state index in [1.165, 1.54) is 18.4 Å². The summed E-state index contributed by atoms with van der Waals surface area (Å²) in [7, 11) is 2.19. The van der Waals surface area contributed by atoms with Gasteiger partial charge in [-0.05, 0) is 90.9 Å². The number of nitrogens with zero attached hydrogens (tertiary/aromatic N) is 5. The molecule has 2 aliphatic heterocycles. The van der Waals surface area contributed by atoms with Crippen LogP contribution in [0, 0.1) is 0 Å². The van der Waals surface area contributed by atoms with E-state index in [-0.39, 0.29) is 13.9 Å². The van der Waals surface area contributed by atoms with Gasteiger partial charge in [-0.2, -0.15) is 0 Å². The van der Waals surface area contributed by atoms with E-state index in [0.717, 1.165) is 64.4 Å². The molecule has 0 saturated carbocycles. The molecule has 2 saturated heterocycles. The van der Waals surface area contributed by atoms with Gasteiger partial charge in [0.05, 0.1) is 0 Å². The van der Waals surface area contributed by atoms with Crippen molar-refractivity contribution in [2.24, 2.45) is 0 Å². The molecule has 3 heterocycles. The smallest absolute Gasteiger partial charge is 0.245 e. The number of hydrogen-bond donors (Lipinski definition) is 1. The minimum Gasteiger partial charge on any atom is -0.372 e. The number of amides is 1. The van der Waals surface area contributed by atoms with Gasteiger partial charge in [0, 0.05) is 58.2 Å². The predicted molar refractivity (Wildman–Crippen MR) is 144 cm³/mol. The fraction of sp³-hybridized carbons (Fsp3) is 0.815. The number of rotatable bonds is 15. The summed E-state index contributed by atoms with van der Waals surface area (Å²) in [5.74, 6) is 1.38. The molecule has 8 heteroatoms. The molecule has 1 aromatic rings. The lowest BCUT2D eigenvalue weighted by Gasteiger charge is -2.42. The van der Waals surface area contributed by atoms with Crippen LogP contribution in [0.1, 0.15) is 79.1 Å². The van der Waals surface area contributed by atoms with E-state index in [9.17, 15) is 4.79 Å². The normalized spacial score (nSPS) is 21.2. The molecule has 3 rings (SSSR count). The van der Waals surface area contributed by atoms with Gasteiger partial charge in [0.25, 0.3) is 0 Å². The fourth-order valence-electron chi connectivity index (χ4n) is 5.43. The Labute approximate surface area is 214 Å². The van der Waals surface area contributed by atoms with Crippen LogP contribution in [0.4, 0.5) is 5.95 Å². The van der Waals surface area contributed by atoms with Crippen LogP contribution in [0.15, 0.2) is 12.4 Å². The molecule has 1 amide bonds. The summed E-state index contributed by atoms with van der Waals surface area (Å²) in [6.07, 6.45) is 10.9. The number of unbranched alkanes of at least 4 members (excludes halogenated alkanes) is 1. The summed E-state index contributed by atoms with van der Waals surface area (Å²) in [6, 6.07) is 1.71. The van der Waals surface area contributed by atoms with Gasteiger partial charge in [-0.15, -0.1) is 0 Å². The van der Waals surface area contributed by atoms with Gasteiger partial charge in [-0.25, -0.2) is 9.97 Å². The lowest BCUT2D eigenvalue weighted by Crippen LogP contribution is -2.56. The highest BCUT2D eigenvalue weighted by Gasteiger charge is 2.41. The molecule has 1 N–H and O–H groups in total. The molecule has 0 spiro atoms. The number of likely N-dealkylation sites (tertiary alicyclic amines) is 1. The zero-order valence-electron chi connectivity index (χ0n) is 22.7. The molecule has 8 nitrogen and oxygen atoms in total. The number of ether oxygens (including phenoxy) is 1. The first-order valence-electron chi connectivity index (χ1n) is 13.8. The Hall–Kier alpha value is -1.77. The molecule has 1 aromatic heterocycles. The van der Waals surface area contributed by atoms with Crippen molar-refractivity contribution >= 4 is 11.9 Å². The van der Waals surface area contributed by atoms with Gasteiger partial charge < -0.3 is 19.9 Å². The summed E-state index contributed by atoms with van der Waals surface area (Å²) in [5, 5.41) is 2.91. The van der Waals surface area contributed by atoms with Crippen molar-refractivity contribution in [3.05, 3.63) is 18.0 Å². The van der Waals surface area contributed by atoms with Crippen LogP contribution in [0.2, 0.25) is 0 Å². The van der Waals surface area contributed by atoms with Crippen molar-refractivity contribution in [1.82, 2.24) is 25.1 Å². The van der Waals surface area contributed by atoms with Crippen molar-refractivity contribution in [2.45, 2.75) is 90.3 Å². The van der Waals surface area contributed by atoms with Gasteiger partial charge in [-0.3, -0.25) is 9.69 Å². The first-order chi connectivity index (χ1) is 16.9. The molecule has 200 valence electrons. The number of carbonyl (C=O) groups excluding carboxylic acids is 1. The lowest BCUT2D eigenvalue weighted by molar-refractivity contribution is -0.125. The van der Waals surface area contributed by atoms with Crippen LogP contribution >= 0.6 is 0 Å². The van der Waals surface area contributed by atoms with Crippen LogP contribution in [0.3, 0.4) is 0 Å². The quantitative estimate of drug-likeness (QED) is 0.377. The molecule has 2 fully saturated rings. The topological polar surface area (TPSA) is 73.8 Å². The van der Waals surface area contributed by atoms with Crippen molar-refractivity contribution in [1.29, 1.82) is 0 Å². The minimum atomic E-state index is -0.0234. The van der Waals surface area contributed by atoms with Crippen LogP contribution < -0.4 is 10.2 Å². The zero-order valence-corrected chi connectivity index (χ0v) is 22.7. The Balaban J connectivity index is 0.00000456. The average molecular weight is 491 g/mol. The number of piperazine rings is 1. The van der Waals surface area contributed by atoms with Gasteiger partial charge >= 0.3 is 0 Å². The number of carbonyl (C=O) groups is 1. The molecule has 0 radical (unpaired) electrons. The van der Waals surface area contributed by atoms with Crippen molar-refractivity contribution in [3.63, 3.8) is 0 Å². The number of nitrogens with one attached hydrogen (secondary N) is 1. The number of hydrogen-bond acceptors (Lipinski definition) is 7. The molecular weight excluding hydrogens is 440 g/mol. The van der Waals surface area contributed by atoms with Crippen molar-refractivity contribution < 1.29 is 11.0 Å². The lowest BCUT2D eigenvalue weighted by atomic mass is 9.95. The van der Waals surface area contributed by atoms with Gasteiger partial charge in [-0.1, -0.05) is 6.92 Å². The van der Waals surface area contributed by atoms with Crippen LogP contribution in [0.25, 0.3) is 0 Å². The zero-order chi connectivity index (χ0) is 25.2. The number of aromatic nitrogens is 2. The van der Waals surface area contributed by atoms with E-state index in [2.05, 4.69) is 60.2 Å². The second-order valence-electron chi connectivity index (χ2n) is 10.5. The summed E-state index contributed by atoms with van der Waals surface area (Å²) in [5.41, 5.74) is 1.26. The maximum Gasteiger partial charge on any atom is 0.245 e. The molecule has 3 unspecified atom stereocenters. The highest BCUT2D eigenvalue weighted by molar-refractivity contribution is 5.77. The van der Waals surface area contributed by atoms with E-state index in [1.54, 1.807) is 0 Å². The second-order valence-corrected chi connectivity index (χ2v) is 10.5. The summed E-state index contributed by atoms with van der Waals surface area (Å²) in [6.45, 7) is 14.6. The number of anilines is 1. The third-order valence-electron chi connectivity index (χ3n) is 7.68. The Morgan fingerprint density at radius 1 is 1.17 bits per heavy atom. The Bertz CT molecular complexity index is 751. The third kappa shape index (κ3) is 8.12. The van der Waals surface area contributed by atoms with Crippen LogP contribution in [-0.4, -0.2) is 96.8 Å². The van der Waals surface area contributed by atoms with Crippen molar-refractivity contribution in [3.8, 4) is 0 Å². The molecule has 35 heavy (non-hydrogen) atoms. The molecule has 3 atom stereocenters. The molecule has 2 bridgehead atoms. The van der Waals surface area contributed by atoms with Gasteiger partial charge in [0.15, 0.2) is 0 Å². The summed E-state index contributed by atoms with van der Waals surface area (Å²) in [4.78, 5) is 28.8. The van der Waals surface area contributed by atoms with E-state index in [4.69, 9.17) is 14.7 Å². The number of fused-ring (bicyclic) bond motifs is 2. The third-order valence-corrected chi connectivity index (χ3v) is 7.68. The highest BCUT2D eigenvalue weighted by Crippen LogP contribution is 2.34. The van der Waals surface area contributed by atoms with Crippen LogP contribution in [0.5, 0.6) is 0 Å². The monoisotopic (exact) mass is 490 g/mol. The average Bonchev–Trinajstić information content (AvgIpc) is 3.11. The molecular formula is C27H50N6O2. The minimum absolute atomic E-state index is 0. The Morgan fingerprint density at radius 2 is 1.86 bits per heavy atom. The molecule has 2 aliphatic rings. The predicted octanol–water partition coefficient (Wildman–Crippen LogP) is 3.53.